The second kappa shape index (κ2) is 4.89. The second-order valence-electron chi connectivity index (χ2n) is 4.13. The molecule has 0 aliphatic rings. The molecule has 0 radical (unpaired) electrons. The molecule has 0 aliphatic heterocycles. The molecule has 17 heavy (non-hydrogen) atoms. The van der Waals surface area contributed by atoms with Gasteiger partial charge in [-0.15, -0.1) is 0 Å². The molecule has 0 fully saturated rings. The van der Waals surface area contributed by atoms with E-state index in [1.807, 2.05) is 13.0 Å². The Kier molecular flexibility index (Phi) is 3.94. The van der Waals surface area contributed by atoms with Crippen LogP contribution >= 0.6 is 0 Å². The average molecular weight is 251 g/mol. The van der Waals surface area contributed by atoms with Gasteiger partial charge < -0.3 is 0 Å². The lowest BCUT2D eigenvalue weighted by molar-refractivity contribution is 0.539. The van der Waals surface area contributed by atoms with E-state index in [1.54, 1.807) is 38.1 Å². The first kappa shape index (κ1) is 13.7. The zero-order valence-electron chi connectivity index (χ0n) is 10.4. The van der Waals surface area contributed by atoms with Crippen LogP contribution in [0.2, 0.25) is 0 Å². The van der Waals surface area contributed by atoms with Crippen molar-refractivity contribution in [3.8, 4) is 6.07 Å². The maximum absolute atomic E-state index is 12.4. The Bertz CT molecular complexity index is 520. The quantitative estimate of drug-likeness (QED) is 0.826. The predicted molar refractivity (Wildman–Crippen MR) is 67.3 cm³/mol. The molecule has 1 rings (SSSR count). The van der Waals surface area contributed by atoms with Crippen LogP contribution in [0.3, 0.4) is 0 Å². The van der Waals surface area contributed by atoms with Crippen LogP contribution in [0.5, 0.6) is 0 Å². The Morgan fingerprint density at radius 3 is 2.00 bits per heavy atom. The van der Waals surface area contributed by atoms with E-state index in [0.717, 1.165) is 5.56 Å². The number of nitrogens with zero attached hydrogens (tertiary/aromatic N) is 1. The summed E-state index contributed by atoms with van der Waals surface area (Å²) in [4.78, 5) is 0.230. The zero-order chi connectivity index (χ0) is 13.1. The zero-order valence-corrected chi connectivity index (χ0v) is 11.2. The van der Waals surface area contributed by atoms with Gasteiger partial charge in [-0.3, -0.25) is 0 Å². The van der Waals surface area contributed by atoms with E-state index < -0.39 is 14.6 Å². The maximum Gasteiger partial charge on any atom is 0.197 e. The molecule has 3 nitrogen and oxygen atoms in total. The highest BCUT2D eigenvalue weighted by atomic mass is 32.2. The predicted octanol–water partition coefficient (Wildman–Crippen LogP) is 2.85. The maximum atomic E-state index is 12.4. The molecular weight excluding hydrogens is 234 g/mol. The minimum atomic E-state index is -3.59. The highest BCUT2D eigenvalue weighted by Crippen LogP contribution is 2.31. The van der Waals surface area contributed by atoms with Gasteiger partial charge in [0.2, 0.25) is 0 Å². The van der Waals surface area contributed by atoms with E-state index in [2.05, 4.69) is 0 Å². The summed E-state index contributed by atoms with van der Waals surface area (Å²) in [6, 6.07) is 8.62. The standard InChI is InChI=1S/C13H17NO2S/c1-4-13(5-2,10-14)17(15,16)12-8-6-11(3)7-9-12/h6-9H,4-5H2,1-3H3. The van der Waals surface area contributed by atoms with Gasteiger partial charge in [0.1, 0.15) is 0 Å². The van der Waals surface area contributed by atoms with Crippen LogP contribution in [-0.2, 0) is 9.84 Å². The fourth-order valence-corrected chi connectivity index (χ4v) is 3.62. The molecule has 0 amide bonds. The number of rotatable bonds is 4. The number of benzene rings is 1. The molecule has 0 heterocycles. The summed E-state index contributed by atoms with van der Waals surface area (Å²) in [5, 5.41) is 9.20. The van der Waals surface area contributed by atoms with E-state index in [0.29, 0.717) is 12.8 Å². The third kappa shape index (κ3) is 2.20. The third-order valence-electron chi connectivity index (χ3n) is 3.19. The summed E-state index contributed by atoms with van der Waals surface area (Å²) in [6.45, 7) is 5.37. The van der Waals surface area contributed by atoms with Crippen LogP contribution in [0.15, 0.2) is 29.2 Å². The number of hydrogen-bond donors (Lipinski definition) is 0. The lowest BCUT2D eigenvalue weighted by atomic mass is 10.1. The smallest absolute Gasteiger partial charge is 0.197 e. The Morgan fingerprint density at radius 2 is 1.65 bits per heavy atom. The molecule has 1 aromatic carbocycles. The number of sulfone groups is 1. The number of nitriles is 1. The Labute approximate surface area is 103 Å². The first-order valence-corrected chi connectivity index (χ1v) is 7.14. The first-order valence-electron chi connectivity index (χ1n) is 5.66. The van der Waals surface area contributed by atoms with Crippen molar-refractivity contribution < 1.29 is 8.42 Å². The summed E-state index contributed by atoms with van der Waals surface area (Å²) in [5.74, 6) is 0. The van der Waals surface area contributed by atoms with Crippen molar-refractivity contribution in [1.29, 1.82) is 5.26 Å². The summed E-state index contributed by atoms with van der Waals surface area (Å²) >= 11 is 0. The van der Waals surface area contributed by atoms with Gasteiger partial charge in [0.15, 0.2) is 14.6 Å². The van der Waals surface area contributed by atoms with Crippen molar-refractivity contribution in [3.63, 3.8) is 0 Å². The minimum Gasteiger partial charge on any atom is -0.222 e. The first-order chi connectivity index (χ1) is 7.93. The molecule has 0 saturated heterocycles. The topological polar surface area (TPSA) is 57.9 Å². The van der Waals surface area contributed by atoms with Crippen molar-refractivity contribution in [2.24, 2.45) is 0 Å². The van der Waals surface area contributed by atoms with E-state index in [9.17, 15) is 13.7 Å². The van der Waals surface area contributed by atoms with Crippen LogP contribution in [0.4, 0.5) is 0 Å². The van der Waals surface area contributed by atoms with Gasteiger partial charge in [-0.05, 0) is 31.9 Å². The molecule has 0 unspecified atom stereocenters. The Morgan fingerprint density at radius 1 is 1.18 bits per heavy atom. The summed E-state index contributed by atoms with van der Waals surface area (Å²) < 4.78 is 23.6. The van der Waals surface area contributed by atoms with E-state index >= 15 is 0 Å². The summed E-state index contributed by atoms with van der Waals surface area (Å²) in [7, 11) is -3.59. The third-order valence-corrected chi connectivity index (χ3v) is 5.78. The van der Waals surface area contributed by atoms with E-state index in [1.165, 1.54) is 0 Å². The Balaban J connectivity index is 3.38. The molecular formula is C13H17NO2S. The van der Waals surface area contributed by atoms with Gasteiger partial charge >= 0.3 is 0 Å². The summed E-state index contributed by atoms with van der Waals surface area (Å²) in [5.41, 5.74) is 1.000. The van der Waals surface area contributed by atoms with Crippen LogP contribution in [0.25, 0.3) is 0 Å². The molecule has 0 bridgehead atoms. The molecule has 0 spiro atoms. The van der Waals surface area contributed by atoms with Gasteiger partial charge in [-0.1, -0.05) is 31.5 Å². The molecule has 92 valence electrons. The molecule has 0 aromatic heterocycles. The largest absolute Gasteiger partial charge is 0.222 e. The number of aryl methyl sites for hydroxylation is 1. The second-order valence-corrected chi connectivity index (χ2v) is 6.39. The fraction of sp³-hybridized carbons (Fsp3) is 0.462. The fourth-order valence-electron chi connectivity index (χ4n) is 1.79. The molecule has 0 N–H and O–H groups in total. The molecule has 0 aliphatic carbocycles. The van der Waals surface area contributed by atoms with Crippen LogP contribution in [0.1, 0.15) is 32.3 Å². The van der Waals surface area contributed by atoms with Gasteiger partial charge in [-0.25, -0.2) is 8.42 Å². The average Bonchev–Trinajstić information content (AvgIpc) is 2.32. The van der Waals surface area contributed by atoms with Crippen molar-refractivity contribution in [2.45, 2.75) is 43.3 Å². The highest BCUT2D eigenvalue weighted by Gasteiger charge is 2.42. The molecule has 0 saturated carbocycles. The van der Waals surface area contributed by atoms with Gasteiger partial charge in [0.25, 0.3) is 0 Å². The summed E-state index contributed by atoms with van der Waals surface area (Å²) in [6.07, 6.45) is 0.604. The highest BCUT2D eigenvalue weighted by molar-refractivity contribution is 7.93. The molecule has 1 aromatic rings. The van der Waals surface area contributed by atoms with E-state index in [-0.39, 0.29) is 4.90 Å². The van der Waals surface area contributed by atoms with Gasteiger partial charge in [0.05, 0.1) is 11.0 Å². The SMILES string of the molecule is CCC(C#N)(CC)S(=O)(=O)c1ccc(C)cc1. The van der Waals surface area contributed by atoms with Crippen LogP contribution in [-0.4, -0.2) is 13.2 Å². The van der Waals surface area contributed by atoms with Crippen molar-refractivity contribution in [3.05, 3.63) is 29.8 Å². The van der Waals surface area contributed by atoms with Crippen molar-refractivity contribution in [2.75, 3.05) is 0 Å². The monoisotopic (exact) mass is 251 g/mol. The Hall–Kier alpha value is -1.34. The molecule has 4 heteroatoms. The minimum absolute atomic E-state index is 0.230. The van der Waals surface area contributed by atoms with Crippen LogP contribution in [0, 0.1) is 18.3 Å². The van der Waals surface area contributed by atoms with Crippen molar-refractivity contribution >= 4 is 9.84 Å². The van der Waals surface area contributed by atoms with Gasteiger partial charge in [-0.2, -0.15) is 5.26 Å². The molecule has 0 atom stereocenters. The lowest BCUT2D eigenvalue weighted by Crippen LogP contribution is -2.35. The van der Waals surface area contributed by atoms with Gasteiger partial charge in [0, 0.05) is 0 Å². The van der Waals surface area contributed by atoms with E-state index in [4.69, 9.17) is 0 Å². The lowest BCUT2D eigenvalue weighted by Gasteiger charge is -2.23. The number of hydrogen-bond acceptors (Lipinski definition) is 3. The van der Waals surface area contributed by atoms with Crippen LogP contribution < -0.4 is 0 Å². The van der Waals surface area contributed by atoms with Crippen molar-refractivity contribution in [1.82, 2.24) is 0 Å². The normalized spacial score (nSPS) is 12.1.